The molecule has 9 heteroatoms. The topological polar surface area (TPSA) is 83.0 Å². The number of ketones is 1. The molecule has 1 fully saturated rings. The molecule has 1 atom stereocenters. The van der Waals surface area contributed by atoms with Crippen molar-refractivity contribution >= 4 is 49.8 Å². The highest BCUT2D eigenvalue weighted by molar-refractivity contribution is 7.22. The SMILES string of the molecule is COc1ccc(F)cc1/C(O)=C1\C(=O)C(=O)N(c2nc3ccccc3s2)C1c1ccc(N(C)C)cc1. The Morgan fingerprint density at radius 2 is 1.81 bits per heavy atom. The van der Waals surface area contributed by atoms with E-state index in [1.165, 1.54) is 35.5 Å². The summed E-state index contributed by atoms with van der Waals surface area (Å²) in [6.45, 7) is 0. The molecule has 3 aromatic carbocycles. The molecule has 7 nitrogen and oxygen atoms in total. The molecule has 0 spiro atoms. The van der Waals surface area contributed by atoms with Gasteiger partial charge in [-0.1, -0.05) is 35.6 Å². The first-order chi connectivity index (χ1) is 17.3. The molecular formula is C27H22FN3O4S. The van der Waals surface area contributed by atoms with Crippen molar-refractivity contribution in [1.29, 1.82) is 0 Å². The number of para-hydroxylation sites is 1. The molecule has 1 N–H and O–H groups in total. The standard InChI is InChI=1S/C27H22FN3O4S/c1-30(2)17-11-8-15(9-12-17)23-22(24(32)18-14-16(28)10-13-20(18)35-3)25(33)26(34)31(23)27-29-19-6-4-5-7-21(19)36-27/h4-14,23,32H,1-3H3/b24-22+. The van der Waals surface area contributed by atoms with E-state index in [4.69, 9.17) is 4.74 Å². The molecule has 0 bridgehead atoms. The summed E-state index contributed by atoms with van der Waals surface area (Å²) >= 11 is 1.27. The molecule has 0 aliphatic carbocycles. The predicted molar refractivity (Wildman–Crippen MR) is 138 cm³/mol. The van der Waals surface area contributed by atoms with Gasteiger partial charge in [-0.3, -0.25) is 14.5 Å². The van der Waals surface area contributed by atoms with Gasteiger partial charge in [-0.05, 0) is 48.0 Å². The van der Waals surface area contributed by atoms with Gasteiger partial charge < -0.3 is 14.7 Å². The van der Waals surface area contributed by atoms with Crippen molar-refractivity contribution < 1.29 is 23.8 Å². The van der Waals surface area contributed by atoms with E-state index in [9.17, 15) is 19.1 Å². The van der Waals surface area contributed by atoms with Crippen molar-refractivity contribution in [3.63, 3.8) is 0 Å². The van der Waals surface area contributed by atoms with Crippen LogP contribution in [0, 0.1) is 5.82 Å². The van der Waals surface area contributed by atoms with Crippen LogP contribution in [0.4, 0.5) is 15.2 Å². The zero-order chi connectivity index (χ0) is 25.6. The summed E-state index contributed by atoms with van der Waals surface area (Å²) in [4.78, 5) is 34.6. The number of aromatic nitrogens is 1. The molecule has 1 aromatic heterocycles. The van der Waals surface area contributed by atoms with Crippen molar-refractivity contribution in [3.8, 4) is 5.75 Å². The van der Waals surface area contributed by atoms with Gasteiger partial charge in [-0.15, -0.1) is 0 Å². The van der Waals surface area contributed by atoms with Crippen LogP contribution in [0.1, 0.15) is 17.2 Å². The molecule has 4 aromatic rings. The number of anilines is 2. The summed E-state index contributed by atoms with van der Waals surface area (Å²) in [7, 11) is 5.18. The van der Waals surface area contributed by atoms with E-state index in [1.807, 2.05) is 55.4 Å². The van der Waals surface area contributed by atoms with Crippen LogP contribution in [0.25, 0.3) is 16.0 Å². The molecule has 0 radical (unpaired) electrons. The van der Waals surface area contributed by atoms with E-state index in [1.54, 1.807) is 12.1 Å². The maximum absolute atomic E-state index is 14.1. The Morgan fingerprint density at radius 1 is 1.08 bits per heavy atom. The molecule has 1 amide bonds. The maximum Gasteiger partial charge on any atom is 0.301 e. The van der Waals surface area contributed by atoms with Crippen LogP contribution >= 0.6 is 11.3 Å². The number of aliphatic hydroxyl groups excluding tert-OH is 1. The monoisotopic (exact) mass is 503 g/mol. The third-order valence-electron chi connectivity index (χ3n) is 6.07. The van der Waals surface area contributed by atoms with Crippen LogP contribution < -0.4 is 14.5 Å². The van der Waals surface area contributed by atoms with Gasteiger partial charge in [0.1, 0.15) is 17.3 Å². The van der Waals surface area contributed by atoms with Gasteiger partial charge in [0, 0.05) is 19.8 Å². The number of Topliss-reactive ketones (excluding diaryl/α,β-unsaturated/α-hetero) is 1. The Kier molecular flexibility index (Phi) is 5.93. The minimum Gasteiger partial charge on any atom is -0.507 e. The van der Waals surface area contributed by atoms with Gasteiger partial charge in [0.2, 0.25) is 0 Å². The first-order valence-electron chi connectivity index (χ1n) is 11.1. The number of aliphatic hydroxyl groups is 1. The number of benzene rings is 3. The van der Waals surface area contributed by atoms with Crippen LogP contribution in [-0.4, -0.2) is 43.0 Å². The lowest BCUT2D eigenvalue weighted by Crippen LogP contribution is -2.29. The van der Waals surface area contributed by atoms with Gasteiger partial charge >= 0.3 is 5.91 Å². The maximum atomic E-state index is 14.1. The number of amides is 1. The van der Waals surface area contributed by atoms with Gasteiger partial charge in [0.15, 0.2) is 5.13 Å². The average molecular weight is 504 g/mol. The number of fused-ring (bicyclic) bond motifs is 1. The van der Waals surface area contributed by atoms with Crippen molar-refractivity contribution in [2.24, 2.45) is 0 Å². The Labute approximate surface area is 210 Å². The van der Waals surface area contributed by atoms with Gasteiger partial charge in [-0.25, -0.2) is 9.37 Å². The quantitative estimate of drug-likeness (QED) is 0.231. The van der Waals surface area contributed by atoms with E-state index in [-0.39, 0.29) is 16.9 Å². The van der Waals surface area contributed by atoms with E-state index < -0.39 is 29.3 Å². The molecule has 5 rings (SSSR count). The fourth-order valence-electron chi connectivity index (χ4n) is 4.27. The number of nitrogens with zero attached hydrogens (tertiary/aromatic N) is 3. The van der Waals surface area contributed by atoms with Crippen molar-refractivity contribution in [2.75, 3.05) is 31.0 Å². The van der Waals surface area contributed by atoms with E-state index in [0.717, 1.165) is 16.5 Å². The second-order valence-electron chi connectivity index (χ2n) is 8.46. The van der Waals surface area contributed by atoms with Crippen LogP contribution in [-0.2, 0) is 9.59 Å². The van der Waals surface area contributed by atoms with E-state index >= 15 is 0 Å². The molecular weight excluding hydrogens is 481 g/mol. The molecule has 1 saturated heterocycles. The van der Waals surface area contributed by atoms with Gasteiger partial charge in [0.25, 0.3) is 5.78 Å². The highest BCUT2D eigenvalue weighted by atomic mass is 32.1. The van der Waals surface area contributed by atoms with Crippen LogP contribution in [0.3, 0.4) is 0 Å². The summed E-state index contributed by atoms with van der Waals surface area (Å²) in [5.74, 6) is -2.69. The molecule has 1 unspecified atom stereocenters. The van der Waals surface area contributed by atoms with Crippen LogP contribution in [0.2, 0.25) is 0 Å². The number of carbonyl (C=O) groups is 2. The van der Waals surface area contributed by atoms with Crippen molar-refractivity contribution in [1.82, 2.24) is 4.98 Å². The number of carbonyl (C=O) groups excluding carboxylic acids is 2. The van der Waals surface area contributed by atoms with Crippen molar-refractivity contribution in [3.05, 3.63) is 89.2 Å². The normalized spacial score (nSPS) is 17.1. The number of hydrogen-bond donors (Lipinski definition) is 1. The number of thiazole rings is 1. The number of rotatable bonds is 5. The summed E-state index contributed by atoms with van der Waals surface area (Å²) in [6.07, 6.45) is 0. The summed E-state index contributed by atoms with van der Waals surface area (Å²) in [6, 6.07) is 17.4. The smallest absolute Gasteiger partial charge is 0.301 e. The Hall–Kier alpha value is -4.24. The second-order valence-corrected chi connectivity index (χ2v) is 9.47. The number of halogens is 1. The second kappa shape index (κ2) is 9.09. The zero-order valence-corrected chi connectivity index (χ0v) is 20.5. The Bertz CT molecular complexity index is 1490. The van der Waals surface area contributed by atoms with Gasteiger partial charge in [0.05, 0.1) is 34.5 Å². The molecule has 1 aliphatic rings. The minimum absolute atomic E-state index is 0.0188. The van der Waals surface area contributed by atoms with E-state index in [2.05, 4.69) is 4.98 Å². The first kappa shape index (κ1) is 23.5. The van der Waals surface area contributed by atoms with Crippen LogP contribution in [0.15, 0.2) is 72.3 Å². The summed E-state index contributed by atoms with van der Waals surface area (Å²) in [5, 5.41) is 11.7. The average Bonchev–Trinajstić information content (AvgIpc) is 3.42. The number of hydrogen-bond acceptors (Lipinski definition) is 7. The third-order valence-corrected chi connectivity index (χ3v) is 7.11. The summed E-state index contributed by atoms with van der Waals surface area (Å²) < 4.78 is 20.3. The lowest BCUT2D eigenvalue weighted by Gasteiger charge is -2.24. The fourth-order valence-corrected chi connectivity index (χ4v) is 5.27. The van der Waals surface area contributed by atoms with Gasteiger partial charge in [-0.2, -0.15) is 0 Å². The Morgan fingerprint density at radius 3 is 2.47 bits per heavy atom. The predicted octanol–water partition coefficient (Wildman–Crippen LogP) is 5.14. The molecule has 182 valence electrons. The highest BCUT2D eigenvalue weighted by Crippen LogP contribution is 2.45. The lowest BCUT2D eigenvalue weighted by atomic mass is 9.95. The zero-order valence-electron chi connectivity index (χ0n) is 19.7. The first-order valence-corrected chi connectivity index (χ1v) is 11.9. The van der Waals surface area contributed by atoms with Crippen LogP contribution in [0.5, 0.6) is 5.75 Å². The third kappa shape index (κ3) is 3.87. The number of methoxy groups -OCH3 is 1. The Balaban J connectivity index is 1.75. The summed E-state index contributed by atoms with van der Waals surface area (Å²) in [5.41, 5.74) is 2.02. The molecule has 1 aliphatic heterocycles. The fraction of sp³-hybridized carbons (Fsp3) is 0.148. The molecule has 36 heavy (non-hydrogen) atoms. The lowest BCUT2D eigenvalue weighted by molar-refractivity contribution is -0.132. The minimum atomic E-state index is -0.977. The van der Waals surface area contributed by atoms with E-state index in [0.29, 0.717) is 16.2 Å². The molecule has 0 saturated carbocycles. The number of ether oxygens (including phenoxy) is 1. The van der Waals surface area contributed by atoms with Crippen molar-refractivity contribution in [2.45, 2.75) is 6.04 Å². The molecule has 2 heterocycles. The largest absolute Gasteiger partial charge is 0.507 e. The highest BCUT2D eigenvalue weighted by Gasteiger charge is 2.48.